The number of aryl methyl sites for hydroxylation is 1. The summed E-state index contributed by atoms with van der Waals surface area (Å²) in [6.45, 7) is 2.80. The summed E-state index contributed by atoms with van der Waals surface area (Å²) in [6.07, 6.45) is 3.81. The third kappa shape index (κ3) is 5.07. The number of nitrogens with one attached hydrogen (secondary N) is 1. The van der Waals surface area contributed by atoms with Crippen molar-refractivity contribution in [2.45, 2.75) is 32.6 Å². The van der Waals surface area contributed by atoms with Gasteiger partial charge in [0.05, 0.1) is 0 Å². The summed E-state index contributed by atoms with van der Waals surface area (Å²) in [4.78, 5) is 11.9. The van der Waals surface area contributed by atoms with Gasteiger partial charge >= 0.3 is 0 Å². The van der Waals surface area contributed by atoms with Crippen molar-refractivity contribution < 1.29 is 9.90 Å². The first kappa shape index (κ1) is 15.0. The SMILES string of the molecule is Cc1cc(Cl)ccc1C(=O)NCCCCCCO. The second-order valence-corrected chi connectivity index (χ2v) is 4.79. The van der Waals surface area contributed by atoms with Crippen LogP contribution in [-0.4, -0.2) is 24.2 Å². The van der Waals surface area contributed by atoms with Gasteiger partial charge in [-0.3, -0.25) is 4.79 Å². The lowest BCUT2D eigenvalue weighted by Gasteiger charge is -2.07. The fourth-order valence-electron chi connectivity index (χ4n) is 1.77. The molecule has 3 nitrogen and oxygen atoms in total. The van der Waals surface area contributed by atoms with Crippen molar-refractivity contribution in [1.82, 2.24) is 5.32 Å². The first-order valence-electron chi connectivity index (χ1n) is 6.30. The zero-order chi connectivity index (χ0) is 13.4. The van der Waals surface area contributed by atoms with Crippen LogP contribution in [0.2, 0.25) is 5.02 Å². The molecule has 0 fully saturated rings. The van der Waals surface area contributed by atoms with E-state index in [4.69, 9.17) is 16.7 Å². The number of hydrogen-bond donors (Lipinski definition) is 2. The van der Waals surface area contributed by atoms with Gasteiger partial charge in [0.2, 0.25) is 0 Å². The van der Waals surface area contributed by atoms with Gasteiger partial charge < -0.3 is 10.4 Å². The van der Waals surface area contributed by atoms with Crippen LogP contribution in [0.5, 0.6) is 0 Å². The average molecular weight is 270 g/mol. The molecule has 18 heavy (non-hydrogen) atoms. The fourth-order valence-corrected chi connectivity index (χ4v) is 2.00. The van der Waals surface area contributed by atoms with E-state index in [1.165, 1.54) is 0 Å². The van der Waals surface area contributed by atoms with E-state index in [9.17, 15) is 4.79 Å². The number of amides is 1. The quantitative estimate of drug-likeness (QED) is 0.748. The Labute approximate surface area is 113 Å². The number of carbonyl (C=O) groups is 1. The highest BCUT2D eigenvalue weighted by Crippen LogP contribution is 2.15. The van der Waals surface area contributed by atoms with Gasteiger partial charge in [0, 0.05) is 23.7 Å². The Kier molecular flexibility index (Phi) is 6.76. The molecule has 1 aromatic carbocycles. The number of benzene rings is 1. The molecule has 0 saturated carbocycles. The second kappa shape index (κ2) is 8.11. The number of halogens is 1. The molecule has 0 spiro atoms. The van der Waals surface area contributed by atoms with E-state index in [0.717, 1.165) is 31.2 Å². The van der Waals surface area contributed by atoms with Crippen molar-refractivity contribution in [2.75, 3.05) is 13.2 Å². The van der Waals surface area contributed by atoms with E-state index in [-0.39, 0.29) is 12.5 Å². The van der Waals surface area contributed by atoms with Gasteiger partial charge in [-0.05, 0) is 43.5 Å². The summed E-state index contributed by atoms with van der Waals surface area (Å²) >= 11 is 5.84. The minimum atomic E-state index is -0.0497. The molecule has 0 atom stereocenters. The van der Waals surface area contributed by atoms with Crippen molar-refractivity contribution in [3.05, 3.63) is 34.3 Å². The number of unbranched alkanes of at least 4 members (excludes halogenated alkanes) is 3. The van der Waals surface area contributed by atoms with Crippen molar-refractivity contribution in [1.29, 1.82) is 0 Å². The molecule has 1 amide bonds. The molecule has 2 N–H and O–H groups in total. The Balaban J connectivity index is 2.32. The molecule has 0 aliphatic heterocycles. The summed E-state index contributed by atoms with van der Waals surface area (Å²) in [5.74, 6) is -0.0497. The summed E-state index contributed by atoms with van der Waals surface area (Å²) in [5.41, 5.74) is 1.56. The Bertz CT molecular complexity index is 393. The first-order valence-corrected chi connectivity index (χ1v) is 6.68. The third-order valence-electron chi connectivity index (χ3n) is 2.80. The van der Waals surface area contributed by atoms with E-state index in [2.05, 4.69) is 5.32 Å². The zero-order valence-electron chi connectivity index (χ0n) is 10.7. The Hall–Kier alpha value is -1.06. The van der Waals surface area contributed by atoms with Crippen LogP contribution >= 0.6 is 11.6 Å². The summed E-state index contributed by atoms with van der Waals surface area (Å²) in [6, 6.07) is 5.27. The molecular formula is C14H20ClNO2. The molecule has 1 aromatic rings. The van der Waals surface area contributed by atoms with E-state index in [1.807, 2.05) is 6.92 Å². The second-order valence-electron chi connectivity index (χ2n) is 4.35. The van der Waals surface area contributed by atoms with Crippen LogP contribution in [0.4, 0.5) is 0 Å². The van der Waals surface area contributed by atoms with Crippen LogP contribution in [-0.2, 0) is 0 Å². The van der Waals surface area contributed by atoms with Gasteiger partial charge in [-0.2, -0.15) is 0 Å². The fraction of sp³-hybridized carbons (Fsp3) is 0.500. The number of carbonyl (C=O) groups excluding carboxylic acids is 1. The number of aliphatic hydroxyl groups excluding tert-OH is 1. The molecule has 0 unspecified atom stereocenters. The topological polar surface area (TPSA) is 49.3 Å². The van der Waals surface area contributed by atoms with Gasteiger partial charge in [0.15, 0.2) is 0 Å². The normalized spacial score (nSPS) is 10.4. The van der Waals surface area contributed by atoms with Gasteiger partial charge in [-0.15, -0.1) is 0 Å². The smallest absolute Gasteiger partial charge is 0.251 e. The van der Waals surface area contributed by atoms with Crippen molar-refractivity contribution in [3.63, 3.8) is 0 Å². The van der Waals surface area contributed by atoms with Crippen LogP contribution in [0.1, 0.15) is 41.6 Å². The predicted octanol–water partition coefficient (Wildman–Crippen LogP) is 2.93. The van der Waals surface area contributed by atoms with Crippen LogP contribution in [0.25, 0.3) is 0 Å². The molecule has 0 aromatic heterocycles. The highest BCUT2D eigenvalue weighted by molar-refractivity contribution is 6.30. The first-order chi connectivity index (χ1) is 8.65. The summed E-state index contributed by atoms with van der Waals surface area (Å²) in [5, 5.41) is 12.2. The minimum absolute atomic E-state index is 0.0497. The minimum Gasteiger partial charge on any atom is -0.396 e. The van der Waals surface area contributed by atoms with Crippen LogP contribution in [0.3, 0.4) is 0 Å². The van der Waals surface area contributed by atoms with Gasteiger partial charge in [0.1, 0.15) is 0 Å². The monoisotopic (exact) mass is 269 g/mol. The van der Waals surface area contributed by atoms with E-state index < -0.39 is 0 Å². The lowest BCUT2D eigenvalue weighted by Crippen LogP contribution is -2.25. The lowest BCUT2D eigenvalue weighted by molar-refractivity contribution is 0.0952. The Morgan fingerprint density at radius 3 is 2.67 bits per heavy atom. The molecule has 1 rings (SSSR count). The van der Waals surface area contributed by atoms with E-state index in [0.29, 0.717) is 17.1 Å². The molecule has 0 aliphatic rings. The molecule has 100 valence electrons. The Morgan fingerprint density at radius 1 is 1.28 bits per heavy atom. The maximum atomic E-state index is 11.9. The van der Waals surface area contributed by atoms with E-state index >= 15 is 0 Å². The molecule has 0 heterocycles. The summed E-state index contributed by atoms with van der Waals surface area (Å²) < 4.78 is 0. The van der Waals surface area contributed by atoms with Crippen LogP contribution < -0.4 is 5.32 Å². The molecule has 0 aliphatic carbocycles. The molecule has 0 radical (unpaired) electrons. The van der Waals surface area contributed by atoms with Gasteiger partial charge in [-0.25, -0.2) is 0 Å². The average Bonchev–Trinajstić information content (AvgIpc) is 2.33. The summed E-state index contributed by atoms with van der Waals surface area (Å²) in [7, 11) is 0. The maximum absolute atomic E-state index is 11.9. The number of aliphatic hydroxyl groups is 1. The van der Waals surface area contributed by atoms with Crippen LogP contribution in [0.15, 0.2) is 18.2 Å². The standard InChI is InChI=1S/C14H20ClNO2/c1-11-10-12(15)6-7-13(11)14(18)16-8-4-2-3-5-9-17/h6-7,10,17H,2-5,8-9H2,1H3,(H,16,18). The van der Waals surface area contributed by atoms with Gasteiger partial charge in [0.25, 0.3) is 5.91 Å². The highest BCUT2D eigenvalue weighted by Gasteiger charge is 2.08. The van der Waals surface area contributed by atoms with Crippen LogP contribution in [0, 0.1) is 6.92 Å². The number of rotatable bonds is 7. The molecule has 4 heteroatoms. The van der Waals surface area contributed by atoms with Crippen molar-refractivity contribution in [3.8, 4) is 0 Å². The number of hydrogen-bond acceptors (Lipinski definition) is 2. The molecular weight excluding hydrogens is 250 g/mol. The molecule has 0 bridgehead atoms. The lowest BCUT2D eigenvalue weighted by atomic mass is 10.1. The van der Waals surface area contributed by atoms with Crippen molar-refractivity contribution >= 4 is 17.5 Å². The largest absolute Gasteiger partial charge is 0.396 e. The van der Waals surface area contributed by atoms with E-state index in [1.54, 1.807) is 18.2 Å². The predicted molar refractivity (Wildman–Crippen MR) is 74.1 cm³/mol. The zero-order valence-corrected chi connectivity index (χ0v) is 11.5. The van der Waals surface area contributed by atoms with Crippen molar-refractivity contribution in [2.24, 2.45) is 0 Å². The Morgan fingerprint density at radius 2 is 2.00 bits per heavy atom. The highest BCUT2D eigenvalue weighted by atomic mass is 35.5. The third-order valence-corrected chi connectivity index (χ3v) is 3.04. The van der Waals surface area contributed by atoms with Gasteiger partial charge in [-0.1, -0.05) is 24.4 Å². The maximum Gasteiger partial charge on any atom is 0.251 e. The molecule has 0 saturated heterocycles.